The summed E-state index contributed by atoms with van der Waals surface area (Å²) in [5.74, 6) is 0. The van der Waals surface area contributed by atoms with E-state index in [4.69, 9.17) is 9.40 Å². The fourth-order valence-corrected chi connectivity index (χ4v) is 5.64. The standard InChI is InChI=1S/C29H31NOS/c1-17-11-18-12-22-20-9-8-10-21(27(20)31-25(22)14-26(18)32-17)24-13-19(15-28(2,3)4)23(16-30-24)29(5,6)7/h8-14,16H,15H2,1-7H3. The third-order valence-corrected chi connectivity index (χ3v) is 7.07. The Morgan fingerprint density at radius 3 is 2.44 bits per heavy atom. The number of fused-ring (bicyclic) bond motifs is 4. The van der Waals surface area contributed by atoms with Crippen molar-refractivity contribution in [3.8, 4) is 11.3 Å². The fraction of sp³-hybridized carbons (Fsp3) is 0.345. The van der Waals surface area contributed by atoms with Gasteiger partial charge in [0.05, 0.1) is 5.69 Å². The zero-order chi connectivity index (χ0) is 22.8. The number of hydrogen-bond donors (Lipinski definition) is 0. The molecule has 0 aliphatic rings. The van der Waals surface area contributed by atoms with Gasteiger partial charge in [-0.1, -0.05) is 53.7 Å². The number of furan rings is 1. The quantitative estimate of drug-likeness (QED) is 0.273. The van der Waals surface area contributed by atoms with E-state index in [0.717, 1.165) is 34.2 Å². The number of rotatable bonds is 2. The second kappa shape index (κ2) is 7.18. The molecule has 32 heavy (non-hydrogen) atoms. The maximum Gasteiger partial charge on any atom is 0.144 e. The lowest BCUT2D eigenvalue weighted by Gasteiger charge is -2.27. The van der Waals surface area contributed by atoms with Gasteiger partial charge in [-0.3, -0.25) is 4.98 Å². The Labute approximate surface area is 194 Å². The van der Waals surface area contributed by atoms with Crippen molar-refractivity contribution in [1.29, 1.82) is 0 Å². The normalized spacial score (nSPS) is 13.0. The predicted octanol–water partition coefficient (Wildman–Crippen LogP) is 9.06. The van der Waals surface area contributed by atoms with Crippen molar-refractivity contribution in [2.24, 2.45) is 5.41 Å². The van der Waals surface area contributed by atoms with E-state index in [-0.39, 0.29) is 10.8 Å². The Morgan fingerprint density at radius 1 is 0.938 bits per heavy atom. The Bertz CT molecular complexity index is 1470. The first-order valence-corrected chi connectivity index (χ1v) is 12.2. The third kappa shape index (κ3) is 3.73. The minimum absolute atomic E-state index is 0.0569. The zero-order valence-corrected chi connectivity index (χ0v) is 20.9. The fourth-order valence-electron chi connectivity index (χ4n) is 4.70. The molecule has 2 nitrogen and oxygen atoms in total. The van der Waals surface area contributed by atoms with Gasteiger partial charge >= 0.3 is 0 Å². The molecule has 3 heteroatoms. The molecule has 0 saturated carbocycles. The average Bonchev–Trinajstić information content (AvgIpc) is 3.21. The highest BCUT2D eigenvalue weighted by Crippen LogP contribution is 2.40. The molecule has 0 aliphatic heterocycles. The van der Waals surface area contributed by atoms with Gasteiger partial charge in [0.2, 0.25) is 0 Å². The smallest absolute Gasteiger partial charge is 0.144 e. The van der Waals surface area contributed by atoms with Gasteiger partial charge in [-0.25, -0.2) is 0 Å². The molecular weight excluding hydrogens is 410 g/mol. The first kappa shape index (κ1) is 21.2. The van der Waals surface area contributed by atoms with Crippen LogP contribution in [0.2, 0.25) is 0 Å². The maximum atomic E-state index is 6.46. The van der Waals surface area contributed by atoms with Gasteiger partial charge < -0.3 is 4.42 Å². The third-order valence-electron chi connectivity index (χ3n) is 6.05. The molecule has 0 N–H and O–H groups in total. The highest BCUT2D eigenvalue weighted by atomic mass is 32.1. The molecule has 0 amide bonds. The van der Waals surface area contributed by atoms with Crippen LogP contribution in [0, 0.1) is 12.3 Å². The second-order valence-electron chi connectivity index (χ2n) is 11.2. The summed E-state index contributed by atoms with van der Waals surface area (Å²) in [6.45, 7) is 15.9. The van der Waals surface area contributed by atoms with Crippen LogP contribution in [0.5, 0.6) is 0 Å². The Morgan fingerprint density at radius 2 is 1.72 bits per heavy atom. The van der Waals surface area contributed by atoms with Crippen LogP contribution < -0.4 is 0 Å². The molecular formula is C29H31NOS. The van der Waals surface area contributed by atoms with Crippen molar-refractivity contribution in [2.75, 3.05) is 0 Å². The van der Waals surface area contributed by atoms with Gasteiger partial charge in [-0.15, -0.1) is 11.3 Å². The summed E-state index contributed by atoms with van der Waals surface area (Å²) in [6, 6.07) is 15.4. The minimum Gasteiger partial charge on any atom is -0.455 e. The van der Waals surface area contributed by atoms with Crippen molar-refractivity contribution in [1.82, 2.24) is 4.98 Å². The first-order valence-electron chi connectivity index (χ1n) is 11.3. The molecule has 3 aromatic heterocycles. The molecule has 0 spiro atoms. The number of hydrogen-bond acceptors (Lipinski definition) is 3. The Kier molecular flexibility index (Phi) is 4.76. The number of nitrogens with zero attached hydrogens (tertiary/aromatic N) is 1. The molecule has 0 unspecified atom stereocenters. The van der Waals surface area contributed by atoms with Crippen molar-refractivity contribution >= 4 is 43.4 Å². The molecule has 164 valence electrons. The van der Waals surface area contributed by atoms with Gasteiger partial charge in [0.15, 0.2) is 0 Å². The van der Waals surface area contributed by atoms with Gasteiger partial charge in [0.1, 0.15) is 11.2 Å². The van der Waals surface area contributed by atoms with Crippen molar-refractivity contribution in [3.63, 3.8) is 0 Å². The molecule has 5 aromatic rings. The van der Waals surface area contributed by atoms with Gasteiger partial charge in [0.25, 0.3) is 0 Å². The molecule has 5 rings (SSSR count). The van der Waals surface area contributed by atoms with Crippen LogP contribution in [0.1, 0.15) is 57.5 Å². The summed E-state index contributed by atoms with van der Waals surface area (Å²) in [7, 11) is 0. The lowest BCUT2D eigenvalue weighted by Crippen LogP contribution is -2.19. The lowest BCUT2D eigenvalue weighted by atomic mass is 9.79. The minimum atomic E-state index is 0.0569. The number of pyridine rings is 1. The molecule has 0 atom stereocenters. The summed E-state index contributed by atoms with van der Waals surface area (Å²) >= 11 is 1.82. The molecule has 0 bridgehead atoms. The average molecular weight is 442 g/mol. The van der Waals surface area contributed by atoms with E-state index in [1.165, 1.54) is 31.5 Å². The highest BCUT2D eigenvalue weighted by Gasteiger charge is 2.23. The zero-order valence-electron chi connectivity index (χ0n) is 20.1. The molecule has 3 heterocycles. The van der Waals surface area contributed by atoms with Crippen LogP contribution in [0.15, 0.2) is 53.1 Å². The number of aryl methyl sites for hydroxylation is 1. The van der Waals surface area contributed by atoms with Gasteiger partial charge in [0, 0.05) is 32.1 Å². The van der Waals surface area contributed by atoms with Crippen molar-refractivity contribution in [2.45, 2.75) is 60.3 Å². The first-order chi connectivity index (χ1) is 15.0. The van der Waals surface area contributed by atoms with E-state index in [1.54, 1.807) is 0 Å². The van der Waals surface area contributed by atoms with Crippen LogP contribution in [-0.2, 0) is 11.8 Å². The van der Waals surface area contributed by atoms with Crippen LogP contribution in [-0.4, -0.2) is 4.98 Å². The van der Waals surface area contributed by atoms with Crippen molar-refractivity contribution in [3.05, 3.63) is 64.7 Å². The van der Waals surface area contributed by atoms with Gasteiger partial charge in [-0.05, 0) is 71.0 Å². The number of benzene rings is 2. The number of aromatic nitrogens is 1. The summed E-state index contributed by atoms with van der Waals surface area (Å²) in [4.78, 5) is 6.25. The van der Waals surface area contributed by atoms with Crippen LogP contribution in [0.25, 0.3) is 43.3 Å². The van der Waals surface area contributed by atoms with Crippen LogP contribution in [0.4, 0.5) is 0 Å². The SMILES string of the molecule is Cc1cc2cc3c(cc2s1)oc1c(-c2cc(CC(C)(C)C)c(C(C)(C)C)cn2)cccc13. The lowest BCUT2D eigenvalue weighted by molar-refractivity contribution is 0.406. The molecule has 2 aromatic carbocycles. The van der Waals surface area contributed by atoms with E-state index in [0.29, 0.717) is 0 Å². The topological polar surface area (TPSA) is 26.0 Å². The Hall–Kier alpha value is -2.65. The van der Waals surface area contributed by atoms with E-state index in [2.05, 4.69) is 97.1 Å². The number of thiophene rings is 1. The molecule has 0 saturated heterocycles. The summed E-state index contributed by atoms with van der Waals surface area (Å²) in [5.41, 5.74) is 6.88. The van der Waals surface area contributed by atoms with Crippen LogP contribution in [0.3, 0.4) is 0 Å². The van der Waals surface area contributed by atoms with Gasteiger partial charge in [-0.2, -0.15) is 0 Å². The van der Waals surface area contributed by atoms with E-state index >= 15 is 0 Å². The van der Waals surface area contributed by atoms with E-state index < -0.39 is 0 Å². The predicted molar refractivity (Wildman–Crippen MR) is 139 cm³/mol. The van der Waals surface area contributed by atoms with E-state index in [9.17, 15) is 0 Å². The summed E-state index contributed by atoms with van der Waals surface area (Å²) < 4.78 is 7.73. The largest absolute Gasteiger partial charge is 0.455 e. The highest BCUT2D eigenvalue weighted by molar-refractivity contribution is 7.19. The Balaban J connectivity index is 1.72. The second-order valence-corrected chi connectivity index (χ2v) is 12.5. The molecule has 0 fully saturated rings. The molecule has 0 radical (unpaired) electrons. The van der Waals surface area contributed by atoms with E-state index in [1.807, 2.05) is 11.3 Å². The summed E-state index contributed by atoms with van der Waals surface area (Å²) in [6.07, 6.45) is 3.09. The molecule has 0 aliphatic carbocycles. The number of para-hydroxylation sites is 1. The summed E-state index contributed by atoms with van der Waals surface area (Å²) in [5, 5.41) is 3.61. The maximum absolute atomic E-state index is 6.46. The monoisotopic (exact) mass is 441 g/mol. The van der Waals surface area contributed by atoms with Crippen LogP contribution >= 0.6 is 11.3 Å². The van der Waals surface area contributed by atoms with Crippen molar-refractivity contribution < 1.29 is 4.42 Å².